The predicted octanol–water partition coefficient (Wildman–Crippen LogP) is 7.19. The van der Waals surface area contributed by atoms with E-state index in [-0.39, 0.29) is 18.4 Å². The van der Waals surface area contributed by atoms with Crippen LogP contribution in [0.1, 0.15) is 45.0 Å². The van der Waals surface area contributed by atoms with Crippen molar-refractivity contribution in [3.05, 3.63) is 147 Å². The molecule has 3 atom stereocenters. The van der Waals surface area contributed by atoms with Crippen LogP contribution < -0.4 is 24.8 Å². The second-order valence-electron chi connectivity index (χ2n) is 13.2. The number of carbonyl (C=O) groups excluding carboxylic acids is 2. The lowest BCUT2D eigenvalue weighted by molar-refractivity contribution is -0.145. The molecule has 2 aliphatic heterocycles. The summed E-state index contributed by atoms with van der Waals surface area (Å²) in [6.07, 6.45) is 0.404. The number of carbonyl (C=O) groups is 2. The number of methoxy groups -OCH3 is 1. The van der Waals surface area contributed by atoms with E-state index in [9.17, 15) is 9.59 Å². The zero-order valence-electron chi connectivity index (χ0n) is 29.4. The van der Waals surface area contributed by atoms with E-state index < -0.39 is 18.1 Å². The molecule has 5 aromatic rings. The van der Waals surface area contributed by atoms with Crippen molar-refractivity contribution in [2.24, 2.45) is 0 Å². The number of rotatable bonds is 10. The first-order chi connectivity index (χ1) is 25.8. The van der Waals surface area contributed by atoms with Crippen molar-refractivity contribution in [1.29, 1.82) is 5.26 Å². The Bertz CT molecular complexity index is 2160. The SMILES string of the molecule is COC(=O)[C@H](Cc1ccc(-c2ccc(C#N)cc2)cc1)NC(=O)C1Cc2cc3c(cc2CN1)O[C@@H](c1ccc(OCc2ccc(C)c(Cl)c2)cc1)CO3. The molecule has 9 nitrogen and oxygen atoms in total. The molecule has 2 aliphatic rings. The molecule has 10 heteroatoms. The molecule has 1 unspecified atom stereocenters. The van der Waals surface area contributed by atoms with E-state index in [1.807, 2.05) is 97.9 Å². The molecule has 268 valence electrons. The minimum absolute atomic E-state index is 0.272. The molecule has 0 fully saturated rings. The molecule has 0 bridgehead atoms. The smallest absolute Gasteiger partial charge is 0.328 e. The van der Waals surface area contributed by atoms with Gasteiger partial charge in [0.2, 0.25) is 5.91 Å². The van der Waals surface area contributed by atoms with Crippen LogP contribution in [0.15, 0.2) is 103 Å². The van der Waals surface area contributed by atoms with Crippen LogP contribution in [0.25, 0.3) is 11.1 Å². The summed E-state index contributed by atoms with van der Waals surface area (Å²) in [6, 6.07) is 33.5. The first kappa shape index (κ1) is 35.6. The van der Waals surface area contributed by atoms with Crippen molar-refractivity contribution < 1.29 is 28.5 Å². The molecule has 2 N–H and O–H groups in total. The number of benzene rings is 5. The van der Waals surface area contributed by atoms with Crippen LogP contribution in [0.5, 0.6) is 17.2 Å². The van der Waals surface area contributed by atoms with Gasteiger partial charge >= 0.3 is 5.97 Å². The van der Waals surface area contributed by atoms with Crippen LogP contribution in [0.2, 0.25) is 5.02 Å². The predicted molar refractivity (Wildman–Crippen MR) is 201 cm³/mol. The van der Waals surface area contributed by atoms with Crippen LogP contribution in [-0.2, 0) is 40.3 Å². The van der Waals surface area contributed by atoms with Gasteiger partial charge in [0.25, 0.3) is 0 Å². The number of nitrogens with zero attached hydrogens (tertiary/aromatic N) is 1. The van der Waals surface area contributed by atoms with E-state index in [0.717, 1.165) is 55.3 Å². The monoisotopic (exact) mass is 727 g/mol. The molecular formula is C43H38ClN3O6. The van der Waals surface area contributed by atoms with Crippen LogP contribution in [0.3, 0.4) is 0 Å². The topological polar surface area (TPSA) is 119 Å². The number of hydrogen-bond acceptors (Lipinski definition) is 8. The number of nitriles is 1. The number of fused-ring (bicyclic) bond motifs is 2. The third kappa shape index (κ3) is 8.30. The Kier molecular flexibility index (Phi) is 10.6. The summed E-state index contributed by atoms with van der Waals surface area (Å²) in [5.41, 5.74) is 8.43. The zero-order chi connectivity index (χ0) is 36.9. The Morgan fingerprint density at radius 3 is 2.32 bits per heavy atom. The highest BCUT2D eigenvalue weighted by atomic mass is 35.5. The number of hydrogen-bond donors (Lipinski definition) is 2. The minimum atomic E-state index is -0.860. The molecule has 7 rings (SSSR count). The Morgan fingerprint density at radius 1 is 0.925 bits per heavy atom. The third-order valence-corrected chi connectivity index (χ3v) is 10.0. The van der Waals surface area contributed by atoms with Gasteiger partial charge in [-0.3, -0.25) is 4.79 Å². The number of nitrogens with one attached hydrogen (secondary N) is 2. The lowest BCUT2D eigenvalue weighted by atomic mass is 9.94. The van der Waals surface area contributed by atoms with E-state index in [1.54, 1.807) is 12.1 Å². The highest BCUT2D eigenvalue weighted by Crippen LogP contribution is 2.40. The molecule has 0 saturated carbocycles. The Balaban J connectivity index is 0.949. The second kappa shape index (κ2) is 15.8. The van der Waals surface area contributed by atoms with Gasteiger partial charge in [-0.15, -0.1) is 0 Å². The largest absolute Gasteiger partial charge is 0.489 e. The van der Waals surface area contributed by atoms with Crippen molar-refractivity contribution in [2.45, 2.75) is 51.1 Å². The van der Waals surface area contributed by atoms with E-state index in [4.69, 9.17) is 35.8 Å². The molecule has 0 saturated heterocycles. The fraction of sp³-hybridized carbons (Fsp3) is 0.233. The van der Waals surface area contributed by atoms with Crippen molar-refractivity contribution in [1.82, 2.24) is 10.6 Å². The summed E-state index contributed by atoms with van der Waals surface area (Å²) < 4.78 is 23.6. The van der Waals surface area contributed by atoms with Gasteiger partial charge in [-0.2, -0.15) is 5.26 Å². The van der Waals surface area contributed by atoms with E-state index in [2.05, 4.69) is 16.7 Å². The molecule has 53 heavy (non-hydrogen) atoms. The van der Waals surface area contributed by atoms with Gasteiger partial charge in [0.15, 0.2) is 17.6 Å². The van der Waals surface area contributed by atoms with E-state index >= 15 is 0 Å². The molecule has 2 heterocycles. The maximum Gasteiger partial charge on any atom is 0.328 e. The normalized spacial score (nSPS) is 16.4. The van der Waals surface area contributed by atoms with E-state index in [0.29, 0.717) is 43.2 Å². The van der Waals surface area contributed by atoms with Crippen LogP contribution in [0.4, 0.5) is 0 Å². The quantitative estimate of drug-likeness (QED) is 0.145. The molecule has 0 radical (unpaired) electrons. The molecule has 5 aromatic carbocycles. The number of halogens is 1. The van der Waals surface area contributed by atoms with Crippen molar-refractivity contribution in [3.63, 3.8) is 0 Å². The first-order valence-electron chi connectivity index (χ1n) is 17.4. The van der Waals surface area contributed by atoms with Crippen molar-refractivity contribution >= 4 is 23.5 Å². The van der Waals surface area contributed by atoms with Gasteiger partial charge < -0.3 is 29.6 Å². The molecule has 1 amide bonds. The Morgan fingerprint density at radius 2 is 1.62 bits per heavy atom. The summed E-state index contributed by atoms with van der Waals surface area (Å²) in [5.74, 6) is 1.22. The van der Waals surface area contributed by atoms with Gasteiger partial charge in [0, 0.05) is 18.0 Å². The lowest BCUT2D eigenvalue weighted by Gasteiger charge is -2.31. The molecule has 0 aromatic heterocycles. The summed E-state index contributed by atoms with van der Waals surface area (Å²) in [4.78, 5) is 26.3. The number of aryl methyl sites for hydroxylation is 1. The van der Waals surface area contributed by atoms with E-state index in [1.165, 1.54) is 7.11 Å². The highest BCUT2D eigenvalue weighted by Gasteiger charge is 2.31. The molecule has 0 aliphatic carbocycles. The van der Waals surface area contributed by atoms with Crippen LogP contribution in [-0.4, -0.2) is 37.7 Å². The molecular weight excluding hydrogens is 690 g/mol. The Labute approximate surface area is 313 Å². The summed E-state index contributed by atoms with van der Waals surface area (Å²) in [6.45, 7) is 3.18. The summed E-state index contributed by atoms with van der Waals surface area (Å²) in [7, 11) is 1.31. The minimum Gasteiger partial charge on any atom is -0.489 e. The fourth-order valence-electron chi connectivity index (χ4n) is 6.52. The third-order valence-electron chi connectivity index (χ3n) is 9.64. The summed E-state index contributed by atoms with van der Waals surface area (Å²) >= 11 is 6.25. The fourth-order valence-corrected chi connectivity index (χ4v) is 6.72. The standard InChI is InChI=1S/C43H38ClN3O6/c1-26-3-4-29(17-36(26)44)24-51-35-15-13-32(14-16-35)41-25-52-39-20-33-19-37(46-23-34(33)21-40(39)53-41)42(48)47-38(43(49)50-2)18-27-5-9-30(10-6-27)31-11-7-28(22-45)8-12-31/h3-17,20-21,37-38,41,46H,18-19,23-25H2,1-2H3,(H,47,48)/t37?,38-,41+/m0/s1. The van der Waals surface area contributed by atoms with Gasteiger partial charge in [0.05, 0.1) is 24.8 Å². The average molecular weight is 728 g/mol. The van der Waals surface area contributed by atoms with Gasteiger partial charge in [-0.25, -0.2) is 4.79 Å². The van der Waals surface area contributed by atoms with Crippen LogP contribution >= 0.6 is 11.6 Å². The lowest BCUT2D eigenvalue weighted by Crippen LogP contribution is -2.53. The van der Waals surface area contributed by atoms with Crippen molar-refractivity contribution in [2.75, 3.05) is 13.7 Å². The van der Waals surface area contributed by atoms with Gasteiger partial charge in [0.1, 0.15) is 25.0 Å². The number of esters is 1. The van der Waals surface area contributed by atoms with Gasteiger partial charge in [-0.1, -0.05) is 72.3 Å². The first-order valence-corrected chi connectivity index (χ1v) is 17.8. The number of amides is 1. The second-order valence-corrected chi connectivity index (χ2v) is 13.6. The Hall–Kier alpha value is -5.82. The average Bonchev–Trinajstić information content (AvgIpc) is 3.20. The molecule has 0 spiro atoms. The highest BCUT2D eigenvalue weighted by molar-refractivity contribution is 6.31. The van der Waals surface area contributed by atoms with Crippen molar-refractivity contribution in [3.8, 4) is 34.4 Å². The van der Waals surface area contributed by atoms with Crippen LogP contribution in [0, 0.1) is 18.3 Å². The zero-order valence-corrected chi connectivity index (χ0v) is 30.1. The van der Waals surface area contributed by atoms with Gasteiger partial charge in [-0.05, 0) is 100 Å². The maximum absolute atomic E-state index is 13.5. The maximum atomic E-state index is 13.5. The number of ether oxygens (including phenoxy) is 4. The summed E-state index contributed by atoms with van der Waals surface area (Å²) in [5, 5.41) is 16.0.